The minimum atomic E-state index is -0.808. The standard InChI is InChI=1S/C30H29N5O5S/c1-38-21-11-10-20(23(15-21)39-2)16-35-27(36)24-26(33-28(35)30(18-31)12-13-30)41-25(32-24)22-9-6-14-34(22)29(37)40-17-19-7-4-3-5-8-19/h3-5,7-8,10-11,15,22H,6,9,12-14,16-17H2,1-2H3/t22-/m1/s1. The number of hydrogen-bond donors (Lipinski definition) is 0. The summed E-state index contributed by atoms with van der Waals surface area (Å²) < 4.78 is 18.0. The van der Waals surface area contributed by atoms with Crippen molar-refractivity contribution in [2.24, 2.45) is 0 Å². The number of thiazole rings is 1. The highest BCUT2D eigenvalue weighted by molar-refractivity contribution is 7.18. The number of benzene rings is 2. The van der Waals surface area contributed by atoms with Gasteiger partial charge in [-0.1, -0.05) is 41.7 Å². The van der Waals surface area contributed by atoms with Crippen molar-refractivity contribution in [2.75, 3.05) is 20.8 Å². The van der Waals surface area contributed by atoms with E-state index in [1.807, 2.05) is 36.4 Å². The summed E-state index contributed by atoms with van der Waals surface area (Å²) in [4.78, 5) is 38.7. The molecule has 0 radical (unpaired) electrons. The normalized spacial score (nSPS) is 17.3. The first-order chi connectivity index (χ1) is 20.0. The van der Waals surface area contributed by atoms with Crippen molar-refractivity contribution in [3.63, 3.8) is 0 Å². The van der Waals surface area contributed by atoms with E-state index in [-0.39, 0.29) is 30.3 Å². The van der Waals surface area contributed by atoms with Crippen LogP contribution in [0.2, 0.25) is 0 Å². The van der Waals surface area contributed by atoms with E-state index in [1.54, 1.807) is 35.8 Å². The molecule has 210 valence electrons. The van der Waals surface area contributed by atoms with Crippen LogP contribution in [0.1, 0.15) is 53.7 Å². The summed E-state index contributed by atoms with van der Waals surface area (Å²) in [5.41, 5.74) is 0.777. The van der Waals surface area contributed by atoms with Gasteiger partial charge in [0.15, 0.2) is 10.3 Å². The maximum atomic E-state index is 14.0. The fourth-order valence-electron chi connectivity index (χ4n) is 5.29. The number of rotatable bonds is 8. The summed E-state index contributed by atoms with van der Waals surface area (Å²) in [5, 5.41) is 10.7. The molecule has 11 heteroatoms. The molecular formula is C30H29N5O5S. The first kappa shape index (κ1) is 26.8. The van der Waals surface area contributed by atoms with Crippen LogP contribution in [0.25, 0.3) is 10.3 Å². The lowest BCUT2D eigenvalue weighted by atomic mass is 10.1. The lowest BCUT2D eigenvalue weighted by molar-refractivity contribution is 0.0920. The number of amides is 1. The van der Waals surface area contributed by atoms with Gasteiger partial charge in [-0.2, -0.15) is 5.26 Å². The van der Waals surface area contributed by atoms with Gasteiger partial charge < -0.3 is 14.2 Å². The van der Waals surface area contributed by atoms with Gasteiger partial charge in [0.25, 0.3) is 5.56 Å². The molecule has 0 bridgehead atoms. The summed E-state index contributed by atoms with van der Waals surface area (Å²) in [6.45, 7) is 0.900. The average molecular weight is 572 g/mol. The number of ether oxygens (including phenoxy) is 3. The van der Waals surface area contributed by atoms with Crippen LogP contribution in [0, 0.1) is 11.3 Å². The van der Waals surface area contributed by atoms with Crippen molar-refractivity contribution in [3.8, 4) is 17.6 Å². The third-order valence-electron chi connectivity index (χ3n) is 7.73. The van der Waals surface area contributed by atoms with Gasteiger partial charge in [-0.25, -0.2) is 14.8 Å². The Morgan fingerprint density at radius 1 is 1.15 bits per heavy atom. The number of hydrogen-bond acceptors (Lipinski definition) is 9. The molecule has 1 saturated carbocycles. The fourth-order valence-corrected chi connectivity index (χ4v) is 6.36. The van der Waals surface area contributed by atoms with Gasteiger partial charge in [-0.05, 0) is 43.4 Å². The van der Waals surface area contributed by atoms with Crippen LogP contribution >= 0.6 is 11.3 Å². The second kappa shape index (κ2) is 10.9. The van der Waals surface area contributed by atoms with E-state index in [0.29, 0.717) is 53.0 Å². The summed E-state index contributed by atoms with van der Waals surface area (Å²) in [5.74, 6) is 1.64. The van der Waals surface area contributed by atoms with Gasteiger partial charge in [-0.3, -0.25) is 14.3 Å². The zero-order chi connectivity index (χ0) is 28.6. The minimum absolute atomic E-state index is 0.169. The zero-order valence-corrected chi connectivity index (χ0v) is 23.6. The Morgan fingerprint density at radius 2 is 1.95 bits per heavy atom. The topological polar surface area (TPSA) is 120 Å². The van der Waals surface area contributed by atoms with E-state index in [1.165, 1.54) is 11.3 Å². The highest BCUT2D eigenvalue weighted by Gasteiger charge is 2.49. The molecule has 1 aliphatic heterocycles. The first-order valence-corrected chi connectivity index (χ1v) is 14.3. The molecule has 2 aliphatic rings. The summed E-state index contributed by atoms with van der Waals surface area (Å²) in [7, 11) is 3.14. The van der Waals surface area contributed by atoms with Crippen LogP contribution < -0.4 is 15.0 Å². The van der Waals surface area contributed by atoms with Crippen LogP contribution in [0.15, 0.2) is 53.3 Å². The molecule has 1 atom stereocenters. The monoisotopic (exact) mass is 571 g/mol. The van der Waals surface area contributed by atoms with Crippen molar-refractivity contribution in [1.82, 2.24) is 19.4 Å². The van der Waals surface area contributed by atoms with E-state index in [4.69, 9.17) is 24.2 Å². The van der Waals surface area contributed by atoms with Crippen LogP contribution in [0.5, 0.6) is 11.5 Å². The summed E-state index contributed by atoms with van der Waals surface area (Å²) >= 11 is 1.30. The quantitative estimate of drug-likeness (QED) is 0.292. The SMILES string of the molecule is COc1ccc(Cn2c(C3(C#N)CC3)nc3sc([C@H]4CCCN4C(=O)OCc4ccccc4)nc3c2=O)c(OC)c1. The summed E-state index contributed by atoms with van der Waals surface area (Å²) in [6.07, 6.45) is 2.38. The lowest BCUT2D eigenvalue weighted by Crippen LogP contribution is -2.31. The minimum Gasteiger partial charge on any atom is -0.497 e. The van der Waals surface area contributed by atoms with Crippen molar-refractivity contribution in [2.45, 2.75) is 50.3 Å². The summed E-state index contributed by atoms with van der Waals surface area (Å²) in [6, 6.07) is 17.0. The van der Waals surface area contributed by atoms with E-state index in [0.717, 1.165) is 17.5 Å². The van der Waals surface area contributed by atoms with Gasteiger partial charge in [0.2, 0.25) is 0 Å². The molecule has 4 aromatic rings. The van der Waals surface area contributed by atoms with E-state index in [9.17, 15) is 14.9 Å². The first-order valence-electron chi connectivity index (χ1n) is 13.5. The third kappa shape index (κ3) is 5.00. The molecule has 2 aromatic heterocycles. The second-order valence-corrected chi connectivity index (χ2v) is 11.3. The number of nitrogens with zero attached hydrogens (tertiary/aromatic N) is 5. The lowest BCUT2D eigenvalue weighted by Gasteiger charge is -2.22. The van der Waals surface area contributed by atoms with Crippen molar-refractivity contribution in [3.05, 3.63) is 80.8 Å². The molecule has 2 fully saturated rings. The third-order valence-corrected chi connectivity index (χ3v) is 8.78. The van der Waals surface area contributed by atoms with Gasteiger partial charge >= 0.3 is 6.09 Å². The van der Waals surface area contributed by atoms with Gasteiger partial charge in [0, 0.05) is 18.2 Å². The number of fused-ring (bicyclic) bond motifs is 1. The molecule has 10 nitrogen and oxygen atoms in total. The predicted octanol–water partition coefficient (Wildman–Crippen LogP) is 4.95. The second-order valence-electron chi connectivity index (χ2n) is 10.3. The molecule has 0 N–H and O–H groups in total. The molecule has 0 unspecified atom stereocenters. The highest BCUT2D eigenvalue weighted by atomic mass is 32.1. The largest absolute Gasteiger partial charge is 0.497 e. The molecule has 1 aliphatic carbocycles. The highest BCUT2D eigenvalue weighted by Crippen LogP contribution is 2.47. The number of likely N-dealkylation sites (tertiary alicyclic amines) is 1. The number of methoxy groups -OCH3 is 2. The van der Waals surface area contributed by atoms with Gasteiger partial charge in [0.1, 0.15) is 34.4 Å². The molecule has 41 heavy (non-hydrogen) atoms. The van der Waals surface area contributed by atoms with E-state index < -0.39 is 11.5 Å². The molecule has 3 heterocycles. The molecular weight excluding hydrogens is 542 g/mol. The Kier molecular flexibility index (Phi) is 7.09. The Balaban J connectivity index is 1.35. The number of aromatic nitrogens is 3. The van der Waals surface area contributed by atoms with E-state index in [2.05, 4.69) is 6.07 Å². The smallest absolute Gasteiger partial charge is 0.410 e. The van der Waals surface area contributed by atoms with Crippen LogP contribution in [0.3, 0.4) is 0 Å². The van der Waals surface area contributed by atoms with Gasteiger partial charge in [-0.15, -0.1) is 0 Å². The van der Waals surface area contributed by atoms with Crippen LogP contribution in [-0.2, 0) is 23.3 Å². The molecule has 6 rings (SSSR count). The Bertz CT molecular complexity index is 1710. The van der Waals surface area contributed by atoms with E-state index >= 15 is 0 Å². The number of carbonyl (C=O) groups excluding carboxylic acids is 1. The molecule has 1 amide bonds. The number of carbonyl (C=O) groups is 1. The van der Waals surface area contributed by atoms with Crippen LogP contribution in [0.4, 0.5) is 4.79 Å². The zero-order valence-electron chi connectivity index (χ0n) is 22.8. The predicted molar refractivity (Wildman–Crippen MR) is 152 cm³/mol. The fraction of sp³-hybridized carbons (Fsp3) is 0.367. The molecule has 1 saturated heterocycles. The maximum Gasteiger partial charge on any atom is 0.410 e. The van der Waals surface area contributed by atoms with Gasteiger partial charge in [0.05, 0.1) is 32.9 Å². The van der Waals surface area contributed by atoms with Crippen molar-refractivity contribution < 1.29 is 19.0 Å². The Labute approximate surface area is 240 Å². The van der Waals surface area contributed by atoms with Crippen LogP contribution in [-0.4, -0.2) is 46.3 Å². The molecule has 0 spiro atoms. The molecule has 2 aromatic carbocycles. The van der Waals surface area contributed by atoms with Crippen molar-refractivity contribution >= 4 is 27.8 Å². The Morgan fingerprint density at radius 3 is 2.66 bits per heavy atom. The Hall–Kier alpha value is -4.43. The maximum absolute atomic E-state index is 14.0. The van der Waals surface area contributed by atoms with Crippen molar-refractivity contribution in [1.29, 1.82) is 5.26 Å². The number of nitriles is 1. The average Bonchev–Trinajstić information content (AvgIpc) is 3.43.